The molecule has 62 heavy (non-hydrogen) atoms. The van der Waals surface area contributed by atoms with Gasteiger partial charge in [-0.05, 0) is 38.5 Å². The number of carbonyl (C=O) groups is 3. The van der Waals surface area contributed by atoms with Crippen molar-refractivity contribution in [3.8, 4) is 0 Å². The molecule has 0 aromatic rings. The lowest BCUT2D eigenvalue weighted by molar-refractivity contribution is -0.870. The van der Waals surface area contributed by atoms with Crippen LogP contribution in [0.15, 0.2) is 12.2 Å². The zero-order chi connectivity index (χ0) is 45.6. The van der Waals surface area contributed by atoms with Gasteiger partial charge in [-0.3, -0.25) is 9.59 Å². The highest BCUT2D eigenvalue weighted by molar-refractivity contribution is 5.71. The number of esters is 2. The summed E-state index contributed by atoms with van der Waals surface area (Å²) < 4.78 is 22.8. The fourth-order valence-corrected chi connectivity index (χ4v) is 7.66. The summed E-state index contributed by atoms with van der Waals surface area (Å²) in [4.78, 5) is 37.3. The van der Waals surface area contributed by atoms with Gasteiger partial charge in [0.2, 0.25) is 0 Å². The molecule has 0 heterocycles. The van der Waals surface area contributed by atoms with E-state index < -0.39 is 24.3 Å². The van der Waals surface area contributed by atoms with Crippen LogP contribution in [-0.2, 0) is 33.3 Å². The summed E-state index contributed by atoms with van der Waals surface area (Å²) in [6, 6.07) is 0. The number of likely N-dealkylation sites (N-methyl/N-ethyl adjacent to an activating group) is 1. The quantitative estimate of drug-likeness (QED) is 0.0212. The average Bonchev–Trinajstić information content (AvgIpc) is 3.23. The fraction of sp³-hybridized carbons (Fsp3) is 0.906. The van der Waals surface area contributed by atoms with Gasteiger partial charge in [-0.1, -0.05) is 212 Å². The van der Waals surface area contributed by atoms with Gasteiger partial charge in [-0.25, -0.2) is 4.79 Å². The van der Waals surface area contributed by atoms with Gasteiger partial charge in [0.25, 0.3) is 6.29 Å². The van der Waals surface area contributed by atoms with Crippen molar-refractivity contribution in [2.75, 3.05) is 47.5 Å². The maximum atomic E-state index is 12.8. The van der Waals surface area contributed by atoms with E-state index in [1.807, 2.05) is 21.1 Å². The predicted octanol–water partition coefficient (Wildman–Crippen LogP) is 14.6. The van der Waals surface area contributed by atoms with Crippen molar-refractivity contribution >= 4 is 17.9 Å². The van der Waals surface area contributed by atoms with Crippen LogP contribution >= 0.6 is 0 Å². The molecule has 2 unspecified atom stereocenters. The Morgan fingerprint density at radius 2 is 0.823 bits per heavy atom. The molecular weight excluding hydrogens is 779 g/mol. The molecule has 2 atom stereocenters. The summed E-state index contributed by atoms with van der Waals surface area (Å²) >= 11 is 0. The molecule has 0 spiro atoms. The van der Waals surface area contributed by atoms with Gasteiger partial charge in [-0.2, -0.15) is 0 Å². The summed E-state index contributed by atoms with van der Waals surface area (Å²) in [6.07, 6.45) is 47.0. The molecule has 0 radical (unpaired) electrons. The lowest BCUT2D eigenvalue weighted by Crippen LogP contribution is -2.40. The normalized spacial score (nSPS) is 12.9. The Bertz CT molecular complexity index is 1030. The molecule has 0 aromatic heterocycles. The maximum absolute atomic E-state index is 12.8. The minimum absolute atomic E-state index is 0.176. The summed E-state index contributed by atoms with van der Waals surface area (Å²) in [5.41, 5.74) is 0. The molecule has 0 rings (SSSR count). The first-order chi connectivity index (χ1) is 30.1. The third-order valence-corrected chi connectivity index (χ3v) is 11.8. The number of nitrogens with zero attached hydrogens (tertiary/aromatic N) is 1. The number of hydrogen-bond acceptors (Lipinski definition) is 7. The van der Waals surface area contributed by atoms with E-state index in [0.717, 1.165) is 38.5 Å². The van der Waals surface area contributed by atoms with Gasteiger partial charge in [0.05, 0.1) is 34.4 Å². The van der Waals surface area contributed by atoms with E-state index in [1.54, 1.807) is 0 Å². The number of carboxylic acid groups (broad SMARTS) is 1. The van der Waals surface area contributed by atoms with Crippen molar-refractivity contribution in [3.63, 3.8) is 0 Å². The summed E-state index contributed by atoms with van der Waals surface area (Å²) in [5.74, 6) is -1.99. The monoisotopic (exact) mass is 881 g/mol. The molecule has 0 aromatic carbocycles. The third-order valence-electron chi connectivity index (χ3n) is 11.8. The second-order valence-electron chi connectivity index (χ2n) is 19.2. The van der Waals surface area contributed by atoms with Crippen LogP contribution in [0.5, 0.6) is 0 Å². The lowest BCUT2D eigenvalue weighted by Gasteiger charge is -2.25. The molecule has 366 valence electrons. The van der Waals surface area contributed by atoms with Crippen LogP contribution in [0, 0.1) is 0 Å². The van der Waals surface area contributed by atoms with Gasteiger partial charge in [0.1, 0.15) is 13.2 Å². The van der Waals surface area contributed by atoms with E-state index in [9.17, 15) is 19.5 Å². The Balaban J connectivity index is 4.29. The first-order valence-electron chi connectivity index (χ1n) is 26.4. The highest BCUT2D eigenvalue weighted by atomic mass is 16.7. The third kappa shape index (κ3) is 46.0. The minimum Gasteiger partial charge on any atom is -0.477 e. The molecule has 0 amide bonds. The smallest absolute Gasteiger partial charge is 0.361 e. The van der Waals surface area contributed by atoms with Crippen molar-refractivity contribution in [1.29, 1.82) is 0 Å². The molecule has 9 nitrogen and oxygen atoms in total. The SMILES string of the molecule is CCCCCCCCCC/C=C\CCCCCCCCCCCC(=O)OC(COC(=O)CCCCCCCCCCCCCCCCCC)COC(OCC[N+](C)(C)C)C(=O)O. The van der Waals surface area contributed by atoms with Crippen molar-refractivity contribution in [2.45, 2.75) is 264 Å². The zero-order valence-electron chi connectivity index (χ0n) is 41.6. The second-order valence-corrected chi connectivity index (χ2v) is 19.2. The summed E-state index contributed by atoms with van der Waals surface area (Å²) in [5, 5.41) is 9.67. The van der Waals surface area contributed by atoms with Crippen molar-refractivity contribution < 1.29 is 42.9 Å². The Morgan fingerprint density at radius 3 is 1.19 bits per heavy atom. The van der Waals surface area contributed by atoms with Crippen molar-refractivity contribution in [3.05, 3.63) is 12.2 Å². The Labute approximate surface area is 383 Å². The topological polar surface area (TPSA) is 108 Å². The summed E-state index contributed by atoms with van der Waals surface area (Å²) in [6.45, 7) is 4.91. The van der Waals surface area contributed by atoms with Gasteiger partial charge < -0.3 is 28.5 Å². The summed E-state index contributed by atoms with van der Waals surface area (Å²) in [7, 11) is 5.97. The Morgan fingerprint density at radius 1 is 0.468 bits per heavy atom. The number of quaternary nitrogens is 1. The van der Waals surface area contributed by atoms with Crippen LogP contribution in [0.2, 0.25) is 0 Å². The van der Waals surface area contributed by atoms with E-state index in [-0.39, 0.29) is 32.2 Å². The van der Waals surface area contributed by atoms with E-state index in [1.165, 1.54) is 186 Å². The zero-order valence-corrected chi connectivity index (χ0v) is 41.6. The van der Waals surface area contributed by atoms with E-state index >= 15 is 0 Å². The molecule has 0 bridgehead atoms. The standard InChI is InChI=1S/C53H101NO8/c1-6-8-10-12-14-16-18-20-22-24-25-26-27-28-30-32-34-36-38-40-42-44-51(56)62-49(48-61-53(52(57)58)59-46-45-54(3,4)5)47-60-50(55)43-41-39-37-35-33-31-29-23-21-19-17-15-13-11-9-7-2/h24-25,49,53H,6-23,26-48H2,1-5H3/p+1/b25-24-. The first kappa shape index (κ1) is 60.0. The molecule has 1 N–H and O–H groups in total. The molecule has 0 saturated heterocycles. The minimum atomic E-state index is -1.50. The van der Waals surface area contributed by atoms with Gasteiger partial charge in [0, 0.05) is 12.8 Å². The van der Waals surface area contributed by atoms with Gasteiger partial charge in [0.15, 0.2) is 6.10 Å². The lowest BCUT2D eigenvalue weighted by atomic mass is 10.0. The van der Waals surface area contributed by atoms with Crippen molar-refractivity contribution in [2.24, 2.45) is 0 Å². The number of carbonyl (C=O) groups excluding carboxylic acids is 2. The van der Waals surface area contributed by atoms with Gasteiger partial charge in [-0.15, -0.1) is 0 Å². The number of aliphatic carboxylic acids is 1. The van der Waals surface area contributed by atoms with Crippen LogP contribution < -0.4 is 0 Å². The number of hydrogen-bond donors (Lipinski definition) is 1. The maximum Gasteiger partial charge on any atom is 0.361 e. The molecule has 0 aliphatic heterocycles. The number of unbranched alkanes of at least 4 members (excludes halogenated alkanes) is 32. The molecule has 9 heteroatoms. The highest BCUT2D eigenvalue weighted by Crippen LogP contribution is 2.16. The predicted molar refractivity (Wildman–Crippen MR) is 258 cm³/mol. The van der Waals surface area contributed by atoms with E-state index in [2.05, 4.69) is 26.0 Å². The molecule has 0 fully saturated rings. The number of carboxylic acids is 1. The van der Waals surface area contributed by atoms with E-state index in [0.29, 0.717) is 17.4 Å². The van der Waals surface area contributed by atoms with Crippen LogP contribution in [-0.4, -0.2) is 87.4 Å². The van der Waals surface area contributed by atoms with Crippen LogP contribution in [0.3, 0.4) is 0 Å². The highest BCUT2D eigenvalue weighted by Gasteiger charge is 2.25. The van der Waals surface area contributed by atoms with Gasteiger partial charge >= 0.3 is 17.9 Å². The van der Waals surface area contributed by atoms with Crippen LogP contribution in [0.4, 0.5) is 0 Å². The first-order valence-corrected chi connectivity index (χ1v) is 26.4. The fourth-order valence-electron chi connectivity index (χ4n) is 7.66. The molecule has 0 aliphatic carbocycles. The Kier molecular flexibility index (Phi) is 44.1. The molecule has 0 aliphatic rings. The average molecular weight is 881 g/mol. The second kappa shape index (κ2) is 45.6. The number of ether oxygens (including phenoxy) is 4. The Hall–Kier alpha value is -1.97. The molecular formula is C53H102NO8+. The number of allylic oxidation sites excluding steroid dienone is 2. The van der Waals surface area contributed by atoms with Crippen molar-refractivity contribution in [1.82, 2.24) is 0 Å². The largest absolute Gasteiger partial charge is 0.477 e. The van der Waals surface area contributed by atoms with Crippen LogP contribution in [0.25, 0.3) is 0 Å². The molecule has 0 saturated carbocycles. The number of rotatable bonds is 49. The van der Waals surface area contributed by atoms with Crippen LogP contribution in [0.1, 0.15) is 251 Å². The van der Waals surface area contributed by atoms with E-state index in [4.69, 9.17) is 18.9 Å².